The molecule has 0 rings (SSSR count). The van der Waals surface area contributed by atoms with E-state index in [4.69, 9.17) is 11.0 Å². The van der Waals surface area contributed by atoms with Gasteiger partial charge in [0.25, 0.3) is 0 Å². The minimum absolute atomic E-state index is 0.335. The highest BCUT2D eigenvalue weighted by molar-refractivity contribution is 5.81. The fourth-order valence-corrected chi connectivity index (χ4v) is 1.40. The Bertz CT molecular complexity index is 272. The molecule has 0 aromatic heterocycles. The summed E-state index contributed by atoms with van der Waals surface area (Å²) >= 11 is 0. The van der Waals surface area contributed by atoms with Crippen LogP contribution < -0.4 is 11.1 Å². The van der Waals surface area contributed by atoms with E-state index >= 15 is 0 Å². The molecule has 0 bridgehead atoms. The van der Waals surface area contributed by atoms with Gasteiger partial charge >= 0.3 is 0 Å². The van der Waals surface area contributed by atoms with Gasteiger partial charge in [-0.1, -0.05) is 20.8 Å². The quantitative estimate of drug-likeness (QED) is 0.248. The van der Waals surface area contributed by atoms with Crippen molar-refractivity contribution in [2.75, 3.05) is 26.7 Å². The van der Waals surface area contributed by atoms with Crippen molar-refractivity contribution in [3.8, 4) is 6.19 Å². The number of nitrogens with one attached hydrogen (secondary N) is 1. The molecular weight excluding hydrogens is 214 g/mol. The minimum Gasteiger partial charge on any atom is -0.344 e. The molecule has 0 aromatic rings. The van der Waals surface area contributed by atoms with Crippen LogP contribution in [0.1, 0.15) is 33.6 Å². The zero-order valence-electron chi connectivity index (χ0n) is 11.5. The van der Waals surface area contributed by atoms with E-state index in [1.807, 2.05) is 18.1 Å². The number of hydrogen-bond acceptors (Lipinski definition) is 3. The molecule has 17 heavy (non-hydrogen) atoms. The van der Waals surface area contributed by atoms with Gasteiger partial charge in [0.1, 0.15) is 0 Å². The predicted molar refractivity (Wildman–Crippen MR) is 71.4 cm³/mol. The molecule has 0 heterocycles. The average Bonchev–Trinajstić information content (AvgIpc) is 2.21. The first kappa shape index (κ1) is 15.7. The molecule has 0 aliphatic carbocycles. The van der Waals surface area contributed by atoms with Gasteiger partial charge < -0.3 is 10.6 Å². The Morgan fingerprint density at radius 1 is 1.47 bits per heavy atom. The maximum Gasteiger partial charge on any atom is 0.207 e. The third-order valence-electron chi connectivity index (χ3n) is 2.34. The lowest BCUT2D eigenvalue weighted by atomic mass is 9.91. The summed E-state index contributed by atoms with van der Waals surface area (Å²) in [5, 5.41) is 11.2. The second-order valence-corrected chi connectivity index (χ2v) is 5.32. The fraction of sp³-hybridized carbons (Fsp3) is 0.833. The van der Waals surface area contributed by atoms with Gasteiger partial charge in [0.2, 0.25) is 5.96 Å². The van der Waals surface area contributed by atoms with Crippen LogP contribution in [0.15, 0.2) is 4.99 Å². The lowest BCUT2D eigenvalue weighted by molar-refractivity contribution is 0.368. The second-order valence-electron chi connectivity index (χ2n) is 5.32. The summed E-state index contributed by atoms with van der Waals surface area (Å²) in [6.45, 7) is 8.61. The van der Waals surface area contributed by atoms with E-state index < -0.39 is 0 Å². The van der Waals surface area contributed by atoms with Gasteiger partial charge in [-0.2, -0.15) is 5.26 Å². The maximum absolute atomic E-state index is 8.64. The Balaban J connectivity index is 4.17. The van der Waals surface area contributed by atoms with Gasteiger partial charge in [-0.05, 0) is 18.3 Å². The van der Waals surface area contributed by atoms with E-state index in [0.717, 1.165) is 19.4 Å². The molecule has 0 radical (unpaired) electrons. The highest BCUT2D eigenvalue weighted by atomic mass is 15.3. The van der Waals surface area contributed by atoms with Gasteiger partial charge in [0.05, 0.1) is 0 Å². The molecule has 5 nitrogen and oxygen atoms in total. The van der Waals surface area contributed by atoms with Crippen LogP contribution in [0.2, 0.25) is 0 Å². The number of likely N-dealkylation sites (N-methyl/N-ethyl adjacent to an activating group) is 1. The normalized spacial score (nSPS) is 12.1. The number of nitrogens with two attached hydrogens (primary N) is 1. The summed E-state index contributed by atoms with van der Waals surface area (Å²) in [5.41, 5.74) is 5.80. The van der Waals surface area contributed by atoms with Crippen LogP contribution in [0.25, 0.3) is 0 Å². The fourth-order valence-electron chi connectivity index (χ4n) is 1.40. The van der Waals surface area contributed by atoms with Gasteiger partial charge in [0.15, 0.2) is 6.19 Å². The van der Waals surface area contributed by atoms with Crippen molar-refractivity contribution in [2.24, 2.45) is 16.1 Å². The van der Waals surface area contributed by atoms with Crippen LogP contribution in [-0.2, 0) is 0 Å². The highest BCUT2D eigenvalue weighted by Gasteiger charge is 2.09. The van der Waals surface area contributed by atoms with Crippen molar-refractivity contribution in [1.29, 1.82) is 5.26 Å². The van der Waals surface area contributed by atoms with E-state index in [2.05, 4.69) is 31.1 Å². The van der Waals surface area contributed by atoms with Crippen molar-refractivity contribution in [1.82, 2.24) is 10.2 Å². The minimum atomic E-state index is 0.335. The molecule has 5 heteroatoms. The second kappa shape index (κ2) is 7.91. The van der Waals surface area contributed by atoms with E-state index in [1.54, 1.807) is 0 Å². The zero-order chi connectivity index (χ0) is 13.3. The molecule has 98 valence electrons. The van der Waals surface area contributed by atoms with Gasteiger partial charge in [0, 0.05) is 26.7 Å². The molecule has 0 saturated heterocycles. The third-order valence-corrected chi connectivity index (χ3v) is 2.34. The monoisotopic (exact) mass is 239 g/mol. The molecule has 0 aliphatic heterocycles. The summed E-state index contributed by atoms with van der Waals surface area (Å²) < 4.78 is 0. The van der Waals surface area contributed by atoms with Crippen molar-refractivity contribution in [2.45, 2.75) is 33.6 Å². The summed E-state index contributed by atoms with van der Waals surface area (Å²) in [5.74, 6) is 0.604. The molecule has 3 N–H and O–H groups in total. The molecule has 0 unspecified atom stereocenters. The SMILES string of the molecule is CN(CCN)C(=NCCCC(C)(C)C)NC#N. The zero-order valence-corrected chi connectivity index (χ0v) is 11.5. The molecular formula is C12H25N5. The Morgan fingerprint density at radius 3 is 2.59 bits per heavy atom. The Kier molecular flexibility index (Phi) is 7.31. The standard InChI is InChI=1S/C12H25N5/c1-12(2,3)6-5-8-15-11(16-10-14)17(4)9-7-13/h5-9,13H2,1-4H3,(H,15,16). The van der Waals surface area contributed by atoms with Crippen molar-refractivity contribution in [3.05, 3.63) is 0 Å². The first-order valence-electron chi connectivity index (χ1n) is 6.01. The summed E-state index contributed by atoms with van der Waals surface area (Å²) in [6, 6.07) is 0. The number of hydrogen-bond donors (Lipinski definition) is 2. The number of nitrogens with zero attached hydrogens (tertiary/aromatic N) is 3. The molecule has 0 amide bonds. The van der Waals surface area contributed by atoms with Crippen LogP contribution in [0, 0.1) is 16.9 Å². The summed E-state index contributed by atoms with van der Waals surface area (Å²) in [7, 11) is 1.87. The Hall–Kier alpha value is -1.28. The average molecular weight is 239 g/mol. The number of aliphatic imine (C=N–C) groups is 1. The number of nitriles is 1. The summed E-state index contributed by atoms with van der Waals surface area (Å²) in [4.78, 5) is 6.25. The highest BCUT2D eigenvalue weighted by Crippen LogP contribution is 2.20. The van der Waals surface area contributed by atoms with Gasteiger partial charge in [-0.25, -0.2) is 0 Å². The van der Waals surface area contributed by atoms with E-state index in [0.29, 0.717) is 24.5 Å². The molecule has 0 spiro atoms. The lowest BCUT2D eigenvalue weighted by Crippen LogP contribution is -2.39. The topological polar surface area (TPSA) is 77.4 Å². The molecule has 0 fully saturated rings. The van der Waals surface area contributed by atoms with E-state index in [-0.39, 0.29) is 0 Å². The van der Waals surface area contributed by atoms with Crippen molar-refractivity contribution in [3.63, 3.8) is 0 Å². The van der Waals surface area contributed by atoms with Gasteiger partial charge in [-0.3, -0.25) is 10.3 Å². The van der Waals surface area contributed by atoms with Gasteiger partial charge in [-0.15, -0.1) is 0 Å². The number of rotatable bonds is 5. The van der Waals surface area contributed by atoms with E-state index in [9.17, 15) is 0 Å². The molecule has 0 saturated carbocycles. The van der Waals surface area contributed by atoms with Crippen LogP contribution in [0.3, 0.4) is 0 Å². The molecule has 0 aliphatic rings. The Labute approximate surface area is 105 Å². The largest absolute Gasteiger partial charge is 0.344 e. The first-order valence-corrected chi connectivity index (χ1v) is 6.01. The smallest absolute Gasteiger partial charge is 0.207 e. The first-order chi connectivity index (χ1) is 7.90. The van der Waals surface area contributed by atoms with Crippen LogP contribution >= 0.6 is 0 Å². The predicted octanol–water partition coefficient (Wildman–Crippen LogP) is 1.13. The van der Waals surface area contributed by atoms with Crippen molar-refractivity contribution < 1.29 is 0 Å². The maximum atomic E-state index is 8.64. The van der Waals surface area contributed by atoms with Crippen LogP contribution in [0.4, 0.5) is 0 Å². The summed E-state index contributed by atoms with van der Waals surface area (Å²) in [6.07, 6.45) is 4.05. The van der Waals surface area contributed by atoms with Crippen LogP contribution in [0.5, 0.6) is 0 Å². The van der Waals surface area contributed by atoms with Crippen molar-refractivity contribution >= 4 is 5.96 Å². The lowest BCUT2D eigenvalue weighted by Gasteiger charge is -2.19. The number of guanidine groups is 1. The third kappa shape index (κ3) is 8.52. The Morgan fingerprint density at radius 2 is 2.12 bits per heavy atom. The van der Waals surface area contributed by atoms with Crippen LogP contribution in [-0.4, -0.2) is 37.5 Å². The molecule has 0 atom stereocenters. The molecule has 0 aromatic carbocycles. The van der Waals surface area contributed by atoms with E-state index in [1.165, 1.54) is 0 Å².